The SMILES string of the molecule is O=S(=O)(O)O.S.[BaH2].[BaH2]. The molecule has 0 heterocycles. The molecule has 0 radical (unpaired) electrons. The van der Waals surface area contributed by atoms with E-state index in [1.54, 1.807) is 0 Å². The minimum atomic E-state index is -4.67. The molecule has 0 aromatic carbocycles. The van der Waals surface area contributed by atoms with Gasteiger partial charge in [0.15, 0.2) is 0 Å². The molecule has 0 saturated carbocycles. The van der Waals surface area contributed by atoms with E-state index in [0.717, 1.165) is 0 Å². The molecule has 0 atom stereocenters. The fourth-order valence-electron chi connectivity index (χ4n) is 0. The molecule has 0 bridgehead atoms. The summed E-state index contributed by atoms with van der Waals surface area (Å²) >= 11 is 0. The van der Waals surface area contributed by atoms with E-state index in [0.29, 0.717) is 0 Å². The molecule has 0 saturated heterocycles. The van der Waals surface area contributed by atoms with E-state index in [9.17, 15) is 0 Å². The van der Waals surface area contributed by atoms with Crippen molar-refractivity contribution in [3.05, 3.63) is 0 Å². The van der Waals surface area contributed by atoms with Gasteiger partial charge in [-0.25, -0.2) is 0 Å². The first kappa shape index (κ1) is 22.5. The zero-order chi connectivity index (χ0) is 4.50. The van der Waals surface area contributed by atoms with Crippen LogP contribution in [0.25, 0.3) is 0 Å². The van der Waals surface area contributed by atoms with Crippen LogP contribution in [0, 0.1) is 0 Å². The zero-order valence-corrected chi connectivity index (χ0v) is 4.44. The van der Waals surface area contributed by atoms with Gasteiger partial charge in [0.25, 0.3) is 0 Å². The summed E-state index contributed by atoms with van der Waals surface area (Å²) in [7, 11) is -4.67. The summed E-state index contributed by atoms with van der Waals surface area (Å²) in [6, 6.07) is 0. The standard InChI is InChI=1S/2Ba.H2O4S.H2S.4H/c;;1-5(2,3)4;;;;;/h;;(H2,1,2,3,4);1H2;;;;. The van der Waals surface area contributed by atoms with Gasteiger partial charge in [0.05, 0.1) is 0 Å². The predicted octanol–water partition coefficient (Wildman–Crippen LogP) is -2.37. The Morgan fingerprint density at radius 3 is 1.00 bits per heavy atom. The van der Waals surface area contributed by atoms with Gasteiger partial charge >= 0.3 is 108 Å². The molecule has 0 spiro atoms. The number of rotatable bonds is 0. The number of hydrogen-bond acceptors (Lipinski definition) is 2. The fraction of sp³-hybridized carbons (Fsp3) is 0. The van der Waals surface area contributed by atoms with E-state index in [-0.39, 0.29) is 111 Å². The summed E-state index contributed by atoms with van der Waals surface area (Å²) < 4.78 is 31.6. The van der Waals surface area contributed by atoms with Crippen molar-refractivity contribution in [3.8, 4) is 0 Å². The minimum absolute atomic E-state index is 0. The molecule has 48 valence electrons. The summed E-state index contributed by atoms with van der Waals surface area (Å²) in [6.45, 7) is 0. The van der Waals surface area contributed by atoms with Gasteiger partial charge in [0.2, 0.25) is 0 Å². The summed E-state index contributed by atoms with van der Waals surface area (Å²) in [4.78, 5) is 0. The van der Waals surface area contributed by atoms with Gasteiger partial charge in [-0.2, -0.15) is 21.9 Å². The third-order valence-corrected chi connectivity index (χ3v) is 0. The Morgan fingerprint density at radius 2 is 1.00 bits per heavy atom. The Balaban J connectivity index is -0.0000000267. The van der Waals surface area contributed by atoms with Crippen LogP contribution < -0.4 is 0 Å². The quantitative estimate of drug-likeness (QED) is 0.346. The third kappa shape index (κ3) is 57.9. The summed E-state index contributed by atoms with van der Waals surface area (Å²) in [6.07, 6.45) is 0. The first-order valence-electron chi connectivity index (χ1n) is 0.698. The Bertz CT molecular complexity index is 95.2. The predicted molar refractivity (Wildman–Crippen MR) is 41.6 cm³/mol. The molecule has 2 N–H and O–H groups in total. The normalized spacial score (nSPS) is 7.25. The molecule has 0 unspecified atom stereocenters. The van der Waals surface area contributed by atoms with Gasteiger partial charge in [-0.1, -0.05) is 0 Å². The molecule has 0 aliphatic rings. The summed E-state index contributed by atoms with van der Waals surface area (Å²) in [5.74, 6) is 0. The van der Waals surface area contributed by atoms with Crippen molar-refractivity contribution in [3.63, 3.8) is 0 Å². The Kier molecular flexibility index (Phi) is 29.2. The van der Waals surface area contributed by atoms with Crippen LogP contribution in [0.2, 0.25) is 0 Å². The van der Waals surface area contributed by atoms with Crippen molar-refractivity contribution in [2.75, 3.05) is 0 Å². The zero-order valence-electron chi connectivity index (χ0n) is 2.62. The second kappa shape index (κ2) is 10.4. The molecule has 8 heteroatoms. The van der Waals surface area contributed by atoms with Crippen molar-refractivity contribution in [2.24, 2.45) is 0 Å². The number of hydrogen-bond donors (Lipinski definition) is 2. The van der Waals surface area contributed by atoms with E-state index >= 15 is 0 Å². The van der Waals surface area contributed by atoms with Crippen LogP contribution in [-0.4, -0.2) is 115 Å². The molecule has 0 amide bonds. The molecule has 4 nitrogen and oxygen atoms in total. The van der Waals surface area contributed by atoms with E-state index < -0.39 is 10.4 Å². The van der Waals surface area contributed by atoms with Crippen molar-refractivity contribution < 1.29 is 17.5 Å². The third-order valence-electron chi connectivity index (χ3n) is 0. The average molecular weight is 411 g/mol. The van der Waals surface area contributed by atoms with E-state index in [1.807, 2.05) is 0 Å². The topological polar surface area (TPSA) is 74.6 Å². The van der Waals surface area contributed by atoms with Crippen molar-refractivity contribution in [1.29, 1.82) is 0 Å². The first-order valence-corrected chi connectivity index (χ1v) is 2.10. The van der Waals surface area contributed by atoms with Gasteiger partial charge < -0.3 is 0 Å². The van der Waals surface area contributed by atoms with Gasteiger partial charge in [0, 0.05) is 0 Å². The Morgan fingerprint density at radius 1 is 1.00 bits per heavy atom. The fourth-order valence-corrected chi connectivity index (χ4v) is 0. The van der Waals surface area contributed by atoms with Crippen LogP contribution in [0.4, 0.5) is 0 Å². The van der Waals surface area contributed by atoms with Crippen LogP contribution in [0.15, 0.2) is 0 Å². The van der Waals surface area contributed by atoms with Crippen LogP contribution in [-0.2, 0) is 10.4 Å². The van der Waals surface area contributed by atoms with Crippen molar-refractivity contribution >= 4 is 122 Å². The average Bonchev–Trinajstić information content (AvgIpc) is 0.722. The van der Waals surface area contributed by atoms with E-state index in [2.05, 4.69) is 0 Å². The molecule has 0 aliphatic carbocycles. The summed E-state index contributed by atoms with van der Waals surface area (Å²) in [5, 5.41) is 0. The molecule has 0 aromatic rings. The van der Waals surface area contributed by atoms with Gasteiger partial charge in [-0.3, -0.25) is 9.11 Å². The maximum atomic E-state index is 8.74. The maximum absolute atomic E-state index is 8.74. The van der Waals surface area contributed by atoms with Crippen molar-refractivity contribution in [2.45, 2.75) is 0 Å². The Hall–Kier alpha value is 3.36. The Labute approximate surface area is 135 Å². The van der Waals surface area contributed by atoms with Crippen LogP contribution in [0.1, 0.15) is 0 Å². The second-order valence-corrected chi connectivity index (χ2v) is 1.34. The molecule has 0 rings (SSSR count). The van der Waals surface area contributed by atoms with E-state index in [4.69, 9.17) is 17.5 Å². The summed E-state index contributed by atoms with van der Waals surface area (Å²) in [5.41, 5.74) is 0. The van der Waals surface area contributed by atoms with Crippen LogP contribution in [0.5, 0.6) is 0 Å². The van der Waals surface area contributed by atoms with Gasteiger partial charge in [-0.05, 0) is 0 Å². The second-order valence-electron chi connectivity index (χ2n) is 0.448. The molecular formula is H8Ba2O4S2. The van der Waals surface area contributed by atoms with Gasteiger partial charge in [-0.15, -0.1) is 0 Å². The van der Waals surface area contributed by atoms with Gasteiger partial charge in [0.1, 0.15) is 0 Å². The first-order chi connectivity index (χ1) is 2.00. The molecule has 8 heavy (non-hydrogen) atoms. The molecule has 0 aromatic heterocycles. The molecule has 0 fully saturated rings. The molecule has 0 aliphatic heterocycles. The van der Waals surface area contributed by atoms with Crippen LogP contribution in [0.3, 0.4) is 0 Å². The van der Waals surface area contributed by atoms with Crippen LogP contribution >= 0.6 is 13.5 Å². The van der Waals surface area contributed by atoms with E-state index in [1.165, 1.54) is 0 Å². The molecular weight excluding hydrogens is 403 g/mol. The van der Waals surface area contributed by atoms with Crippen molar-refractivity contribution in [1.82, 2.24) is 0 Å². The monoisotopic (exact) mass is 412 g/mol.